The lowest BCUT2D eigenvalue weighted by Crippen LogP contribution is -1.86. The van der Waals surface area contributed by atoms with Gasteiger partial charge in [-0.15, -0.1) is 35.3 Å². The van der Waals surface area contributed by atoms with E-state index >= 15 is 0 Å². The first-order chi connectivity index (χ1) is 6.29. The van der Waals surface area contributed by atoms with Gasteiger partial charge in [-0.1, -0.05) is 0 Å². The van der Waals surface area contributed by atoms with Crippen LogP contribution in [0.4, 0.5) is 0 Å². The molecule has 1 aromatic carbocycles. The number of rotatable bonds is 2. The smallest absolute Gasteiger partial charge is 0.139 e. The van der Waals surface area contributed by atoms with E-state index in [2.05, 4.69) is 27.6 Å². The Bertz CT molecular complexity index is 430. The van der Waals surface area contributed by atoms with Gasteiger partial charge >= 0.3 is 0 Å². The fourth-order valence-corrected chi connectivity index (χ4v) is 2.39. The van der Waals surface area contributed by atoms with E-state index in [0.29, 0.717) is 4.61 Å². The Morgan fingerprint density at radius 1 is 1.50 bits per heavy atom. The summed E-state index contributed by atoms with van der Waals surface area (Å²) < 4.78 is 7.26. The van der Waals surface area contributed by atoms with E-state index in [1.165, 1.54) is 4.70 Å². The van der Waals surface area contributed by atoms with Gasteiger partial charge in [0.2, 0.25) is 0 Å². The lowest BCUT2D eigenvalue weighted by Gasteiger charge is -1.99. The maximum atomic E-state index is 5.39. The van der Waals surface area contributed by atoms with E-state index in [1.807, 2.05) is 25.1 Å². The zero-order chi connectivity index (χ0) is 9.26. The lowest BCUT2D eigenvalue weighted by atomic mass is 10.3. The zero-order valence-corrected chi connectivity index (χ0v) is 12.8. The van der Waals surface area contributed by atoms with Crippen molar-refractivity contribution in [2.24, 2.45) is 0 Å². The van der Waals surface area contributed by atoms with Gasteiger partial charge in [-0.05, 0) is 47.7 Å². The molecule has 0 spiro atoms. The van der Waals surface area contributed by atoms with E-state index in [4.69, 9.17) is 4.74 Å². The molecular weight excluding hydrogens is 424 g/mol. The number of alkyl halides is 1. The van der Waals surface area contributed by atoms with Gasteiger partial charge in [-0.3, -0.25) is 0 Å². The molecule has 0 bridgehead atoms. The highest BCUT2D eigenvalue weighted by Gasteiger charge is 2.01. The summed E-state index contributed by atoms with van der Waals surface area (Å²) in [6.45, 7) is 2.02. The SMILES string of the molecule is Cc1nc2ccc(OCI)cc2s1.I. The molecule has 0 saturated carbocycles. The van der Waals surface area contributed by atoms with E-state index in [-0.39, 0.29) is 24.0 Å². The van der Waals surface area contributed by atoms with Crippen molar-refractivity contribution >= 4 is 68.1 Å². The van der Waals surface area contributed by atoms with Gasteiger partial charge < -0.3 is 4.74 Å². The molecule has 0 amide bonds. The summed E-state index contributed by atoms with van der Waals surface area (Å²) in [4.78, 5) is 4.38. The third kappa shape index (κ3) is 2.69. The van der Waals surface area contributed by atoms with E-state index in [0.717, 1.165) is 16.3 Å². The van der Waals surface area contributed by atoms with Crippen molar-refractivity contribution in [3.63, 3.8) is 0 Å². The summed E-state index contributed by atoms with van der Waals surface area (Å²) in [6.07, 6.45) is 0. The van der Waals surface area contributed by atoms with E-state index < -0.39 is 0 Å². The molecule has 0 N–H and O–H groups in total. The number of nitrogens with zero attached hydrogens (tertiary/aromatic N) is 1. The monoisotopic (exact) mass is 433 g/mol. The molecule has 0 aliphatic heterocycles. The molecule has 0 aliphatic carbocycles. The standard InChI is InChI=1S/C9H8INOS.HI/c1-6-11-8-3-2-7(12-5-10)4-9(8)13-6;/h2-4H,5H2,1H3;1H. The molecule has 0 saturated heterocycles. The highest BCUT2D eigenvalue weighted by atomic mass is 127. The van der Waals surface area contributed by atoms with Crippen molar-refractivity contribution in [3.8, 4) is 5.75 Å². The molecule has 1 aromatic heterocycles. The van der Waals surface area contributed by atoms with Crippen molar-refractivity contribution in [2.45, 2.75) is 6.92 Å². The lowest BCUT2D eigenvalue weighted by molar-refractivity contribution is 0.405. The Labute approximate surface area is 117 Å². The Morgan fingerprint density at radius 3 is 3.00 bits per heavy atom. The fourth-order valence-electron chi connectivity index (χ4n) is 1.17. The molecular formula is C9H9I2NOS. The molecule has 0 radical (unpaired) electrons. The van der Waals surface area contributed by atoms with Crippen LogP contribution in [0.5, 0.6) is 5.75 Å². The van der Waals surface area contributed by atoms with Gasteiger partial charge in [0.25, 0.3) is 0 Å². The fraction of sp³-hybridized carbons (Fsp3) is 0.222. The number of halogens is 2. The predicted octanol–water partition coefficient (Wildman–Crippen LogP) is 3.99. The second kappa shape index (κ2) is 5.45. The van der Waals surface area contributed by atoms with Crippen LogP contribution in [0.2, 0.25) is 0 Å². The van der Waals surface area contributed by atoms with Gasteiger partial charge in [0, 0.05) is 0 Å². The largest absolute Gasteiger partial charge is 0.483 e. The third-order valence-corrected chi connectivity index (χ3v) is 2.93. The molecule has 2 nitrogen and oxygen atoms in total. The zero-order valence-electron chi connectivity index (χ0n) is 7.49. The van der Waals surface area contributed by atoms with Crippen molar-refractivity contribution < 1.29 is 4.74 Å². The number of thiazole rings is 1. The summed E-state index contributed by atoms with van der Waals surface area (Å²) >= 11 is 3.88. The van der Waals surface area contributed by atoms with Gasteiger partial charge in [-0.25, -0.2) is 4.98 Å². The minimum absolute atomic E-state index is 0. The Morgan fingerprint density at radius 2 is 2.29 bits per heavy atom. The van der Waals surface area contributed by atoms with Crippen LogP contribution in [0.15, 0.2) is 18.2 Å². The molecule has 0 aliphatic rings. The summed E-state index contributed by atoms with van der Waals surface area (Å²) in [5.41, 5.74) is 1.06. The topological polar surface area (TPSA) is 22.1 Å². The highest BCUT2D eigenvalue weighted by molar-refractivity contribution is 14.1. The van der Waals surface area contributed by atoms with Crippen LogP contribution in [0.1, 0.15) is 5.01 Å². The molecule has 0 fully saturated rings. The van der Waals surface area contributed by atoms with Crippen LogP contribution in [-0.2, 0) is 0 Å². The summed E-state index contributed by atoms with van der Waals surface area (Å²) in [5, 5.41) is 1.10. The van der Waals surface area contributed by atoms with Gasteiger partial charge in [0.05, 0.1) is 15.2 Å². The molecule has 14 heavy (non-hydrogen) atoms. The maximum absolute atomic E-state index is 5.39. The number of ether oxygens (including phenoxy) is 1. The maximum Gasteiger partial charge on any atom is 0.139 e. The van der Waals surface area contributed by atoms with Crippen molar-refractivity contribution in [3.05, 3.63) is 23.2 Å². The minimum atomic E-state index is 0. The van der Waals surface area contributed by atoms with Crippen molar-refractivity contribution in [1.82, 2.24) is 4.98 Å². The number of benzene rings is 1. The molecule has 0 atom stereocenters. The second-order valence-corrected chi connectivity index (χ2v) is 4.47. The number of hydrogen-bond acceptors (Lipinski definition) is 3. The van der Waals surface area contributed by atoms with E-state index in [9.17, 15) is 0 Å². The number of fused-ring (bicyclic) bond motifs is 1. The first-order valence-corrected chi connectivity index (χ1v) is 6.20. The van der Waals surface area contributed by atoms with Crippen molar-refractivity contribution in [1.29, 1.82) is 0 Å². The third-order valence-electron chi connectivity index (χ3n) is 1.69. The molecule has 1 heterocycles. The van der Waals surface area contributed by atoms with Crippen LogP contribution >= 0.6 is 57.9 Å². The van der Waals surface area contributed by atoms with Gasteiger partial charge in [0.15, 0.2) is 0 Å². The highest BCUT2D eigenvalue weighted by Crippen LogP contribution is 2.25. The average molecular weight is 433 g/mol. The normalized spacial score (nSPS) is 9.86. The molecule has 5 heteroatoms. The van der Waals surface area contributed by atoms with Crippen LogP contribution in [0.3, 0.4) is 0 Å². The quantitative estimate of drug-likeness (QED) is 0.528. The first-order valence-electron chi connectivity index (χ1n) is 3.85. The summed E-state index contributed by atoms with van der Waals surface area (Å²) in [6, 6.07) is 6.00. The Kier molecular flexibility index (Phi) is 4.84. The Balaban J connectivity index is 0.000000980. The van der Waals surface area contributed by atoms with Crippen LogP contribution in [0, 0.1) is 6.92 Å². The van der Waals surface area contributed by atoms with Crippen LogP contribution in [0.25, 0.3) is 10.2 Å². The van der Waals surface area contributed by atoms with Crippen molar-refractivity contribution in [2.75, 3.05) is 4.61 Å². The molecule has 76 valence electrons. The summed E-state index contributed by atoms with van der Waals surface area (Å²) in [7, 11) is 0. The Hall–Kier alpha value is 0.370. The second-order valence-electron chi connectivity index (χ2n) is 2.62. The molecule has 2 aromatic rings. The predicted molar refractivity (Wildman–Crippen MR) is 79.3 cm³/mol. The summed E-state index contributed by atoms with van der Waals surface area (Å²) in [5.74, 6) is 0.922. The van der Waals surface area contributed by atoms with Gasteiger partial charge in [-0.2, -0.15) is 0 Å². The minimum Gasteiger partial charge on any atom is -0.483 e. The molecule has 0 unspecified atom stereocenters. The average Bonchev–Trinajstić information content (AvgIpc) is 2.44. The molecule has 2 rings (SSSR count). The number of hydrogen-bond donors (Lipinski definition) is 0. The van der Waals surface area contributed by atoms with E-state index in [1.54, 1.807) is 11.3 Å². The van der Waals surface area contributed by atoms with Crippen LogP contribution < -0.4 is 4.74 Å². The first kappa shape index (κ1) is 12.4. The van der Waals surface area contributed by atoms with Gasteiger partial charge in [0.1, 0.15) is 10.4 Å². The number of aromatic nitrogens is 1. The van der Waals surface area contributed by atoms with Crippen LogP contribution in [-0.4, -0.2) is 9.60 Å². The number of aryl methyl sites for hydroxylation is 1.